The maximum atomic E-state index is 11.7. The maximum Gasteiger partial charge on any atom is 0.326 e. The number of hydrogen-bond acceptors (Lipinski definition) is 5. The summed E-state index contributed by atoms with van der Waals surface area (Å²) in [6, 6.07) is 1.42. The summed E-state index contributed by atoms with van der Waals surface area (Å²) in [7, 11) is 1.13. The van der Waals surface area contributed by atoms with Crippen LogP contribution >= 0.6 is 11.6 Å². The van der Waals surface area contributed by atoms with E-state index in [0.29, 0.717) is 0 Å². The van der Waals surface area contributed by atoms with Gasteiger partial charge in [0.15, 0.2) is 0 Å². The zero-order valence-electron chi connectivity index (χ0n) is 9.92. The first-order valence-electron chi connectivity index (χ1n) is 5.16. The van der Waals surface area contributed by atoms with E-state index in [4.69, 9.17) is 16.7 Å². The fourth-order valence-electron chi connectivity index (χ4n) is 1.20. The largest absolute Gasteiger partial charge is 0.480 e. The number of methoxy groups -OCH3 is 1. The van der Waals surface area contributed by atoms with Gasteiger partial charge < -0.3 is 15.2 Å². The third-order valence-corrected chi connectivity index (χ3v) is 2.42. The molecule has 102 valence electrons. The second-order valence-corrected chi connectivity index (χ2v) is 3.90. The van der Waals surface area contributed by atoms with E-state index in [9.17, 15) is 14.4 Å². The first kappa shape index (κ1) is 14.9. The van der Waals surface area contributed by atoms with Crippen LogP contribution in [0.3, 0.4) is 0 Å². The van der Waals surface area contributed by atoms with Crippen LogP contribution in [0.25, 0.3) is 0 Å². The van der Waals surface area contributed by atoms with Crippen molar-refractivity contribution < 1.29 is 24.2 Å². The number of carboxylic acid groups (broad SMARTS) is 1. The lowest BCUT2D eigenvalue weighted by Crippen LogP contribution is -2.42. The Labute approximate surface area is 113 Å². The monoisotopic (exact) mass is 286 g/mol. The number of pyridine rings is 1. The average Bonchev–Trinajstić information content (AvgIpc) is 2.38. The van der Waals surface area contributed by atoms with Crippen LogP contribution < -0.4 is 5.32 Å². The van der Waals surface area contributed by atoms with E-state index in [1.807, 2.05) is 0 Å². The summed E-state index contributed by atoms with van der Waals surface area (Å²) in [5, 5.41) is 11.3. The van der Waals surface area contributed by atoms with Crippen LogP contribution in [0.15, 0.2) is 18.3 Å². The molecule has 0 saturated carbocycles. The lowest BCUT2D eigenvalue weighted by Gasteiger charge is -2.13. The number of amides is 1. The first-order valence-corrected chi connectivity index (χ1v) is 5.54. The molecular weight excluding hydrogens is 276 g/mol. The SMILES string of the molecule is COC(=O)C[C@H](NC(=O)c1ccc(Cl)nc1)C(=O)O. The molecule has 8 heteroatoms. The maximum absolute atomic E-state index is 11.7. The van der Waals surface area contributed by atoms with Crippen LogP contribution in [-0.4, -0.2) is 41.1 Å². The Morgan fingerprint density at radius 3 is 2.63 bits per heavy atom. The predicted octanol–water partition coefficient (Wildman–Crippen LogP) is 0.481. The van der Waals surface area contributed by atoms with Gasteiger partial charge in [-0.05, 0) is 12.1 Å². The quantitative estimate of drug-likeness (QED) is 0.602. The van der Waals surface area contributed by atoms with Gasteiger partial charge in [-0.1, -0.05) is 11.6 Å². The Morgan fingerprint density at radius 2 is 2.16 bits per heavy atom. The van der Waals surface area contributed by atoms with E-state index in [2.05, 4.69) is 15.0 Å². The van der Waals surface area contributed by atoms with Gasteiger partial charge in [0.2, 0.25) is 0 Å². The zero-order chi connectivity index (χ0) is 14.4. The Morgan fingerprint density at radius 1 is 1.47 bits per heavy atom. The highest BCUT2D eigenvalue weighted by atomic mass is 35.5. The highest BCUT2D eigenvalue weighted by Crippen LogP contribution is 2.06. The highest BCUT2D eigenvalue weighted by molar-refractivity contribution is 6.29. The van der Waals surface area contributed by atoms with Gasteiger partial charge in [-0.25, -0.2) is 9.78 Å². The third-order valence-electron chi connectivity index (χ3n) is 2.19. The number of halogens is 1. The number of aliphatic carboxylic acids is 1. The van der Waals surface area contributed by atoms with E-state index in [1.165, 1.54) is 18.3 Å². The number of nitrogens with one attached hydrogen (secondary N) is 1. The minimum atomic E-state index is -1.37. The smallest absolute Gasteiger partial charge is 0.326 e. The second-order valence-electron chi connectivity index (χ2n) is 3.51. The van der Waals surface area contributed by atoms with Crippen LogP contribution in [0.1, 0.15) is 16.8 Å². The lowest BCUT2D eigenvalue weighted by molar-refractivity contribution is -0.147. The number of aromatic nitrogens is 1. The molecular formula is C11H11ClN2O5. The Kier molecular flexibility index (Phi) is 5.25. The molecule has 1 rings (SSSR count). The van der Waals surface area contributed by atoms with Gasteiger partial charge >= 0.3 is 11.9 Å². The molecule has 19 heavy (non-hydrogen) atoms. The minimum absolute atomic E-state index is 0.139. The van der Waals surface area contributed by atoms with Gasteiger partial charge in [0.25, 0.3) is 5.91 Å². The molecule has 0 saturated heterocycles. The fraction of sp³-hybridized carbons (Fsp3) is 0.273. The van der Waals surface area contributed by atoms with Crippen molar-refractivity contribution in [1.82, 2.24) is 10.3 Å². The molecule has 1 heterocycles. The van der Waals surface area contributed by atoms with Crippen LogP contribution in [0, 0.1) is 0 Å². The molecule has 0 aliphatic rings. The number of rotatable bonds is 5. The van der Waals surface area contributed by atoms with E-state index >= 15 is 0 Å². The van der Waals surface area contributed by atoms with Gasteiger partial charge in [-0.15, -0.1) is 0 Å². The molecule has 0 spiro atoms. The molecule has 2 N–H and O–H groups in total. The molecule has 0 aromatic carbocycles. The summed E-state index contributed by atoms with van der Waals surface area (Å²) in [5.41, 5.74) is 0.139. The van der Waals surface area contributed by atoms with E-state index < -0.39 is 30.3 Å². The molecule has 0 aliphatic carbocycles. The summed E-state index contributed by atoms with van der Waals surface area (Å²) in [5.74, 6) is -2.73. The fourth-order valence-corrected chi connectivity index (χ4v) is 1.31. The van der Waals surface area contributed by atoms with Crippen molar-refractivity contribution in [2.45, 2.75) is 12.5 Å². The number of ether oxygens (including phenoxy) is 1. The number of nitrogens with zero attached hydrogens (tertiary/aromatic N) is 1. The highest BCUT2D eigenvalue weighted by Gasteiger charge is 2.24. The van der Waals surface area contributed by atoms with Crippen molar-refractivity contribution in [1.29, 1.82) is 0 Å². The molecule has 1 aromatic rings. The standard InChI is InChI=1S/C11H11ClN2O5/c1-19-9(15)4-7(11(17)18)14-10(16)6-2-3-8(12)13-5-6/h2-3,5,7H,4H2,1H3,(H,14,16)(H,17,18)/t7-/m0/s1. The van der Waals surface area contributed by atoms with Crippen LogP contribution in [-0.2, 0) is 14.3 Å². The van der Waals surface area contributed by atoms with Gasteiger partial charge in [-0.2, -0.15) is 0 Å². The molecule has 1 atom stereocenters. The zero-order valence-corrected chi connectivity index (χ0v) is 10.7. The lowest BCUT2D eigenvalue weighted by atomic mass is 10.2. The van der Waals surface area contributed by atoms with E-state index in [1.54, 1.807) is 0 Å². The van der Waals surface area contributed by atoms with E-state index in [0.717, 1.165) is 7.11 Å². The molecule has 0 unspecified atom stereocenters. The first-order chi connectivity index (χ1) is 8.93. The number of carbonyl (C=O) groups is 3. The second kappa shape index (κ2) is 6.69. The number of esters is 1. The summed E-state index contributed by atoms with van der Waals surface area (Å²) < 4.78 is 4.35. The normalized spacial score (nSPS) is 11.5. The van der Waals surface area contributed by atoms with E-state index in [-0.39, 0.29) is 10.7 Å². The molecule has 0 aliphatic heterocycles. The molecule has 7 nitrogen and oxygen atoms in total. The van der Waals surface area contributed by atoms with Gasteiger partial charge in [0.05, 0.1) is 19.1 Å². The predicted molar refractivity (Wildman–Crippen MR) is 64.8 cm³/mol. The van der Waals surface area contributed by atoms with Crippen molar-refractivity contribution in [3.05, 3.63) is 29.0 Å². The Hall–Kier alpha value is -2.15. The van der Waals surface area contributed by atoms with Gasteiger partial charge in [0.1, 0.15) is 11.2 Å². The summed E-state index contributed by atoms with van der Waals surface area (Å²) in [6.45, 7) is 0. The molecule has 1 aromatic heterocycles. The van der Waals surface area contributed by atoms with Crippen molar-refractivity contribution in [2.24, 2.45) is 0 Å². The van der Waals surface area contributed by atoms with Crippen molar-refractivity contribution in [3.63, 3.8) is 0 Å². The van der Waals surface area contributed by atoms with Crippen molar-refractivity contribution in [3.8, 4) is 0 Å². The molecule has 0 radical (unpaired) electrons. The number of hydrogen-bond donors (Lipinski definition) is 2. The average molecular weight is 287 g/mol. The molecule has 0 bridgehead atoms. The summed E-state index contributed by atoms with van der Waals surface area (Å²) in [6.07, 6.45) is 0.743. The summed E-state index contributed by atoms with van der Waals surface area (Å²) >= 11 is 5.56. The Bertz CT molecular complexity index is 488. The topological polar surface area (TPSA) is 106 Å². The van der Waals surface area contributed by atoms with Crippen LogP contribution in [0.5, 0.6) is 0 Å². The number of carboxylic acids is 1. The minimum Gasteiger partial charge on any atom is -0.480 e. The number of carbonyl (C=O) groups excluding carboxylic acids is 2. The van der Waals surface area contributed by atoms with Crippen LogP contribution in [0.4, 0.5) is 0 Å². The Balaban J connectivity index is 2.73. The van der Waals surface area contributed by atoms with Crippen molar-refractivity contribution >= 4 is 29.4 Å². The molecule has 1 amide bonds. The third kappa shape index (κ3) is 4.55. The van der Waals surface area contributed by atoms with Gasteiger partial charge in [-0.3, -0.25) is 9.59 Å². The van der Waals surface area contributed by atoms with Gasteiger partial charge in [0, 0.05) is 6.20 Å². The van der Waals surface area contributed by atoms with Crippen LogP contribution in [0.2, 0.25) is 5.15 Å². The molecule has 0 fully saturated rings. The van der Waals surface area contributed by atoms with Crippen molar-refractivity contribution in [2.75, 3.05) is 7.11 Å². The summed E-state index contributed by atoms with van der Waals surface area (Å²) in [4.78, 5) is 37.4.